The SMILES string of the molecule is CC(C)(O)Cn1cc(S(=O)(=O)Nc2ccc(Cl)c3c(C#N)c[nH]c23)c(F)n1. The van der Waals surface area contributed by atoms with Gasteiger partial charge in [-0.05, 0) is 26.0 Å². The van der Waals surface area contributed by atoms with E-state index in [1.54, 1.807) is 0 Å². The highest BCUT2D eigenvalue weighted by Gasteiger charge is 2.26. The summed E-state index contributed by atoms with van der Waals surface area (Å²) < 4.78 is 42.7. The van der Waals surface area contributed by atoms with Crippen LogP contribution in [0.3, 0.4) is 0 Å². The van der Waals surface area contributed by atoms with Gasteiger partial charge in [0.15, 0.2) is 4.90 Å². The first kappa shape index (κ1) is 19.2. The standard InChI is InChI=1S/C16H15ClFN5O3S/c1-16(2,24)8-23-7-12(15(18)21-23)27(25,26)22-11-4-3-10(17)13-9(5-19)6-20-14(11)13/h3-4,6-7,20,22,24H,8H2,1-2H3. The molecule has 0 saturated carbocycles. The van der Waals surface area contributed by atoms with Gasteiger partial charge in [0.05, 0.1) is 33.9 Å². The lowest BCUT2D eigenvalue weighted by Crippen LogP contribution is -2.26. The van der Waals surface area contributed by atoms with Gasteiger partial charge in [0.2, 0.25) is 0 Å². The average molecular weight is 412 g/mol. The molecule has 0 amide bonds. The van der Waals surface area contributed by atoms with Crippen LogP contribution in [0.4, 0.5) is 10.1 Å². The third-order valence-electron chi connectivity index (χ3n) is 3.67. The van der Waals surface area contributed by atoms with Crippen LogP contribution in [0.1, 0.15) is 19.4 Å². The van der Waals surface area contributed by atoms with Crippen molar-refractivity contribution in [3.05, 3.63) is 41.1 Å². The largest absolute Gasteiger partial charge is 0.389 e. The Labute approximate surface area is 159 Å². The molecular formula is C16H15ClFN5O3S. The number of hydrogen-bond acceptors (Lipinski definition) is 5. The Morgan fingerprint density at radius 2 is 2.19 bits per heavy atom. The van der Waals surface area contributed by atoms with Crippen molar-refractivity contribution >= 4 is 38.2 Å². The van der Waals surface area contributed by atoms with Crippen molar-refractivity contribution in [2.45, 2.75) is 30.9 Å². The monoisotopic (exact) mass is 411 g/mol. The number of aromatic nitrogens is 3. The van der Waals surface area contributed by atoms with Gasteiger partial charge >= 0.3 is 0 Å². The Morgan fingerprint density at radius 3 is 2.81 bits per heavy atom. The van der Waals surface area contributed by atoms with Crippen LogP contribution in [0.5, 0.6) is 0 Å². The van der Waals surface area contributed by atoms with E-state index in [4.69, 9.17) is 16.9 Å². The molecule has 3 rings (SSSR count). The fourth-order valence-corrected chi connectivity index (χ4v) is 3.97. The normalized spacial score (nSPS) is 12.3. The van der Waals surface area contributed by atoms with E-state index in [9.17, 15) is 17.9 Å². The Hall–Kier alpha value is -2.61. The van der Waals surface area contributed by atoms with Crippen LogP contribution in [-0.2, 0) is 16.6 Å². The minimum absolute atomic E-state index is 0.0905. The molecule has 1 aromatic carbocycles. The maximum atomic E-state index is 14.1. The predicted molar refractivity (Wildman–Crippen MR) is 97.3 cm³/mol. The van der Waals surface area contributed by atoms with Gasteiger partial charge < -0.3 is 10.1 Å². The molecule has 0 fully saturated rings. The van der Waals surface area contributed by atoms with Crippen LogP contribution in [0, 0.1) is 17.3 Å². The van der Waals surface area contributed by atoms with Gasteiger partial charge in [-0.2, -0.15) is 9.65 Å². The topological polar surface area (TPSA) is 124 Å². The zero-order chi connectivity index (χ0) is 20.0. The second-order valence-corrected chi connectivity index (χ2v) is 8.62. The number of nitriles is 1. The minimum Gasteiger partial charge on any atom is -0.389 e. The summed E-state index contributed by atoms with van der Waals surface area (Å²) in [5.74, 6) is -1.19. The molecule has 0 aliphatic carbocycles. The van der Waals surface area contributed by atoms with Crippen LogP contribution in [-0.4, -0.2) is 33.9 Å². The fourth-order valence-electron chi connectivity index (χ4n) is 2.62. The molecule has 2 heterocycles. The number of H-pyrrole nitrogens is 1. The molecule has 0 radical (unpaired) electrons. The number of benzene rings is 1. The zero-order valence-electron chi connectivity index (χ0n) is 14.3. The van der Waals surface area contributed by atoms with E-state index in [1.807, 2.05) is 6.07 Å². The Bertz CT molecular complexity index is 1170. The number of halogens is 2. The molecule has 3 aromatic rings. The van der Waals surface area contributed by atoms with Gasteiger partial charge in [0.25, 0.3) is 16.0 Å². The van der Waals surface area contributed by atoms with Crippen molar-refractivity contribution in [2.24, 2.45) is 0 Å². The van der Waals surface area contributed by atoms with E-state index in [1.165, 1.54) is 32.2 Å². The number of nitrogens with zero attached hydrogens (tertiary/aromatic N) is 3. The van der Waals surface area contributed by atoms with Crippen LogP contribution >= 0.6 is 11.6 Å². The maximum absolute atomic E-state index is 14.1. The predicted octanol–water partition coefficient (Wildman–Crippen LogP) is 2.60. The number of aliphatic hydroxyl groups is 1. The van der Waals surface area contributed by atoms with E-state index in [0.29, 0.717) is 10.9 Å². The second kappa shape index (κ2) is 6.53. The summed E-state index contributed by atoms with van der Waals surface area (Å²) in [4.78, 5) is 2.13. The minimum atomic E-state index is -4.32. The number of sulfonamides is 1. The summed E-state index contributed by atoms with van der Waals surface area (Å²) in [5.41, 5.74) is -0.551. The molecule has 0 aliphatic heterocycles. The molecule has 11 heteroatoms. The first-order chi connectivity index (χ1) is 12.5. The molecule has 0 spiro atoms. The molecule has 0 bridgehead atoms. The van der Waals surface area contributed by atoms with Gasteiger partial charge in [0.1, 0.15) is 6.07 Å². The smallest absolute Gasteiger partial charge is 0.268 e. The average Bonchev–Trinajstić information content (AvgIpc) is 3.13. The summed E-state index contributed by atoms with van der Waals surface area (Å²) in [6.07, 6.45) is 2.40. The van der Waals surface area contributed by atoms with Crippen LogP contribution in [0.25, 0.3) is 10.9 Å². The summed E-state index contributed by atoms with van der Waals surface area (Å²) in [6.45, 7) is 2.88. The molecule has 27 heavy (non-hydrogen) atoms. The zero-order valence-corrected chi connectivity index (χ0v) is 15.9. The Morgan fingerprint density at radius 1 is 1.48 bits per heavy atom. The molecule has 142 valence electrons. The highest BCUT2D eigenvalue weighted by Crippen LogP contribution is 2.33. The molecule has 3 N–H and O–H groups in total. The molecule has 8 nitrogen and oxygen atoms in total. The number of fused-ring (bicyclic) bond motifs is 1. The highest BCUT2D eigenvalue weighted by molar-refractivity contribution is 7.92. The maximum Gasteiger partial charge on any atom is 0.268 e. The van der Waals surface area contributed by atoms with E-state index in [2.05, 4.69) is 14.8 Å². The van der Waals surface area contributed by atoms with Gasteiger partial charge in [0, 0.05) is 17.8 Å². The summed E-state index contributed by atoms with van der Waals surface area (Å²) in [5, 5.41) is 23.1. The van der Waals surface area contributed by atoms with Crippen molar-refractivity contribution in [2.75, 3.05) is 4.72 Å². The fraction of sp³-hybridized carbons (Fsp3) is 0.250. The van der Waals surface area contributed by atoms with Gasteiger partial charge in [-0.1, -0.05) is 11.6 Å². The highest BCUT2D eigenvalue weighted by atomic mass is 35.5. The van der Waals surface area contributed by atoms with Crippen LogP contribution < -0.4 is 4.72 Å². The quantitative estimate of drug-likeness (QED) is 0.595. The van der Waals surface area contributed by atoms with Gasteiger partial charge in [-0.3, -0.25) is 9.40 Å². The molecule has 0 unspecified atom stereocenters. The van der Waals surface area contributed by atoms with E-state index < -0.39 is 26.5 Å². The lowest BCUT2D eigenvalue weighted by Gasteiger charge is -2.16. The number of rotatable bonds is 5. The second-order valence-electron chi connectivity index (χ2n) is 6.56. The molecule has 0 aliphatic rings. The number of anilines is 1. The third kappa shape index (κ3) is 3.75. The van der Waals surface area contributed by atoms with E-state index >= 15 is 0 Å². The number of hydrogen-bond donors (Lipinski definition) is 3. The Balaban J connectivity index is 2.01. The van der Waals surface area contributed by atoms with Crippen molar-refractivity contribution in [3.8, 4) is 6.07 Å². The number of aromatic amines is 1. The van der Waals surface area contributed by atoms with E-state index in [-0.39, 0.29) is 22.8 Å². The summed E-state index contributed by atoms with van der Waals surface area (Å²) in [6, 6.07) is 4.79. The number of nitrogens with one attached hydrogen (secondary N) is 2. The summed E-state index contributed by atoms with van der Waals surface area (Å²) >= 11 is 6.09. The Kier molecular flexibility index (Phi) is 4.63. The van der Waals surface area contributed by atoms with Crippen molar-refractivity contribution in [1.29, 1.82) is 5.26 Å². The van der Waals surface area contributed by atoms with Gasteiger partial charge in [-0.25, -0.2) is 8.42 Å². The lowest BCUT2D eigenvalue weighted by atomic mass is 10.1. The molecule has 0 atom stereocenters. The van der Waals surface area contributed by atoms with Gasteiger partial charge in [-0.15, -0.1) is 5.10 Å². The third-order valence-corrected chi connectivity index (χ3v) is 5.33. The molecule has 0 saturated heterocycles. The molecular weight excluding hydrogens is 397 g/mol. The van der Waals surface area contributed by atoms with Crippen LogP contribution in [0.15, 0.2) is 29.4 Å². The summed E-state index contributed by atoms with van der Waals surface area (Å²) in [7, 11) is -4.32. The first-order valence-corrected chi connectivity index (χ1v) is 9.56. The van der Waals surface area contributed by atoms with E-state index in [0.717, 1.165) is 10.9 Å². The van der Waals surface area contributed by atoms with Crippen molar-refractivity contribution < 1.29 is 17.9 Å². The van der Waals surface area contributed by atoms with Crippen molar-refractivity contribution in [3.63, 3.8) is 0 Å². The van der Waals surface area contributed by atoms with Crippen LogP contribution in [0.2, 0.25) is 5.02 Å². The lowest BCUT2D eigenvalue weighted by molar-refractivity contribution is 0.0572. The molecule has 2 aromatic heterocycles. The first-order valence-electron chi connectivity index (χ1n) is 7.70. The van der Waals surface area contributed by atoms with Crippen molar-refractivity contribution in [1.82, 2.24) is 14.8 Å².